The SMILES string of the molecule is CCOc1ccc(C(=O)Nc2ccc(Br)cc2C)cc1. The molecule has 0 aliphatic carbocycles. The Kier molecular flexibility index (Phi) is 4.79. The fourth-order valence-electron chi connectivity index (χ4n) is 1.83. The molecule has 0 aromatic heterocycles. The molecule has 0 bridgehead atoms. The molecule has 2 aromatic carbocycles. The number of rotatable bonds is 4. The van der Waals surface area contributed by atoms with E-state index in [1.54, 1.807) is 24.3 Å². The van der Waals surface area contributed by atoms with Crippen LogP contribution >= 0.6 is 15.9 Å². The van der Waals surface area contributed by atoms with E-state index in [0.29, 0.717) is 12.2 Å². The van der Waals surface area contributed by atoms with Gasteiger partial charge in [0, 0.05) is 15.7 Å². The van der Waals surface area contributed by atoms with E-state index in [4.69, 9.17) is 4.74 Å². The van der Waals surface area contributed by atoms with Crippen LogP contribution in [-0.2, 0) is 0 Å². The van der Waals surface area contributed by atoms with E-state index in [-0.39, 0.29) is 5.91 Å². The monoisotopic (exact) mass is 333 g/mol. The molecule has 0 saturated heterocycles. The summed E-state index contributed by atoms with van der Waals surface area (Å²) in [5, 5.41) is 2.90. The van der Waals surface area contributed by atoms with Crippen molar-refractivity contribution in [3.05, 3.63) is 58.1 Å². The number of benzene rings is 2. The van der Waals surface area contributed by atoms with Crippen LogP contribution in [0.4, 0.5) is 5.69 Å². The highest BCUT2D eigenvalue weighted by Gasteiger charge is 2.08. The van der Waals surface area contributed by atoms with Crippen molar-refractivity contribution in [2.45, 2.75) is 13.8 Å². The van der Waals surface area contributed by atoms with Crippen LogP contribution in [0.15, 0.2) is 46.9 Å². The number of hydrogen-bond donors (Lipinski definition) is 1. The van der Waals surface area contributed by atoms with Gasteiger partial charge in [0.2, 0.25) is 0 Å². The van der Waals surface area contributed by atoms with Gasteiger partial charge in [-0.2, -0.15) is 0 Å². The fourth-order valence-corrected chi connectivity index (χ4v) is 2.31. The number of amides is 1. The van der Waals surface area contributed by atoms with Gasteiger partial charge in [0.05, 0.1) is 6.61 Å². The lowest BCUT2D eigenvalue weighted by Gasteiger charge is -2.09. The first kappa shape index (κ1) is 14.6. The number of aryl methyl sites for hydroxylation is 1. The maximum atomic E-state index is 12.2. The van der Waals surface area contributed by atoms with Gasteiger partial charge >= 0.3 is 0 Å². The van der Waals surface area contributed by atoms with Gasteiger partial charge in [0.15, 0.2) is 0 Å². The van der Waals surface area contributed by atoms with E-state index in [9.17, 15) is 4.79 Å². The van der Waals surface area contributed by atoms with E-state index in [0.717, 1.165) is 21.5 Å². The molecule has 0 heterocycles. The Bertz CT molecular complexity index is 608. The quantitative estimate of drug-likeness (QED) is 0.899. The molecule has 3 nitrogen and oxygen atoms in total. The summed E-state index contributed by atoms with van der Waals surface area (Å²) in [4.78, 5) is 12.2. The maximum Gasteiger partial charge on any atom is 0.255 e. The number of anilines is 1. The van der Waals surface area contributed by atoms with Crippen LogP contribution in [0.1, 0.15) is 22.8 Å². The smallest absolute Gasteiger partial charge is 0.255 e. The number of carbonyl (C=O) groups excluding carboxylic acids is 1. The third-order valence-corrected chi connectivity index (χ3v) is 3.36. The van der Waals surface area contributed by atoms with Gasteiger partial charge in [0.1, 0.15) is 5.75 Å². The van der Waals surface area contributed by atoms with Crippen molar-refractivity contribution in [2.75, 3.05) is 11.9 Å². The molecule has 0 spiro atoms. The van der Waals surface area contributed by atoms with Crippen LogP contribution in [0, 0.1) is 6.92 Å². The van der Waals surface area contributed by atoms with Crippen molar-refractivity contribution in [1.29, 1.82) is 0 Å². The molecule has 0 atom stereocenters. The summed E-state index contributed by atoms with van der Waals surface area (Å²) in [6.07, 6.45) is 0. The lowest BCUT2D eigenvalue weighted by atomic mass is 10.1. The zero-order chi connectivity index (χ0) is 14.5. The van der Waals surface area contributed by atoms with E-state index in [1.165, 1.54) is 0 Å². The Morgan fingerprint density at radius 2 is 1.90 bits per heavy atom. The first-order valence-electron chi connectivity index (χ1n) is 6.40. The molecular weight excluding hydrogens is 318 g/mol. The topological polar surface area (TPSA) is 38.3 Å². The number of hydrogen-bond acceptors (Lipinski definition) is 2. The first-order chi connectivity index (χ1) is 9.60. The first-order valence-corrected chi connectivity index (χ1v) is 7.20. The predicted molar refractivity (Wildman–Crippen MR) is 84.4 cm³/mol. The average molecular weight is 334 g/mol. The van der Waals surface area contributed by atoms with Crippen LogP contribution in [0.5, 0.6) is 5.75 Å². The van der Waals surface area contributed by atoms with Gasteiger partial charge in [0.25, 0.3) is 5.91 Å². The molecule has 0 aliphatic rings. The van der Waals surface area contributed by atoms with E-state index < -0.39 is 0 Å². The van der Waals surface area contributed by atoms with Crippen LogP contribution in [-0.4, -0.2) is 12.5 Å². The highest BCUT2D eigenvalue weighted by Crippen LogP contribution is 2.21. The Hall–Kier alpha value is -1.81. The molecule has 0 fully saturated rings. The number of carbonyl (C=O) groups is 1. The maximum absolute atomic E-state index is 12.2. The van der Waals surface area contributed by atoms with Crippen molar-refractivity contribution in [3.8, 4) is 5.75 Å². The van der Waals surface area contributed by atoms with Gasteiger partial charge in [-0.1, -0.05) is 15.9 Å². The molecule has 2 aromatic rings. The molecular formula is C16H16BrNO2. The number of ether oxygens (including phenoxy) is 1. The zero-order valence-corrected chi connectivity index (χ0v) is 13.0. The largest absolute Gasteiger partial charge is 0.494 e. The van der Waals surface area contributed by atoms with Gasteiger partial charge in [-0.25, -0.2) is 0 Å². The molecule has 1 amide bonds. The van der Waals surface area contributed by atoms with Crippen molar-refractivity contribution in [3.63, 3.8) is 0 Å². The summed E-state index contributed by atoms with van der Waals surface area (Å²) in [7, 11) is 0. The molecule has 20 heavy (non-hydrogen) atoms. The summed E-state index contributed by atoms with van der Waals surface area (Å²) in [5.74, 6) is 0.641. The van der Waals surface area contributed by atoms with Gasteiger partial charge in [-0.05, 0) is 61.9 Å². The Labute approximate surface area is 127 Å². The van der Waals surface area contributed by atoms with Crippen LogP contribution in [0.2, 0.25) is 0 Å². The van der Waals surface area contributed by atoms with Crippen LogP contribution < -0.4 is 10.1 Å². The minimum absolute atomic E-state index is 0.126. The molecule has 0 aliphatic heterocycles. The second-order valence-electron chi connectivity index (χ2n) is 4.37. The van der Waals surface area contributed by atoms with Crippen molar-refractivity contribution in [2.24, 2.45) is 0 Å². The minimum Gasteiger partial charge on any atom is -0.494 e. The summed E-state index contributed by atoms with van der Waals surface area (Å²) >= 11 is 3.40. The van der Waals surface area contributed by atoms with Crippen LogP contribution in [0.3, 0.4) is 0 Å². The normalized spacial score (nSPS) is 10.2. The van der Waals surface area contributed by atoms with Gasteiger partial charge in [-0.15, -0.1) is 0 Å². The highest BCUT2D eigenvalue weighted by atomic mass is 79.9. The van der Waals surface area contributed by atoms with E-state index >= 15 is 0 Å². The third kappa shape index (κ3) is 3.61. The second-order valence-corrected chi connectivity index (χ2v) is 5.29. The lowest BCUT2D eigenvalue weighted by molar-refractivity contribution is 0.102. The summed E-state index contributed by atoms with van der Waals surface area (Å²) in [6, 6.07) is 12.9. The highest BCUT2D eigenvalue weighted by molar-refractivity contribution is 9.10. The van der Waals surface area contributed by atoms with Gasteiger partial charge < -0.3 is 10.1 Å². The molecule has 104 valence electrons. The fraction of sp³-hybridized carbons (Fsp3) is 0.188. The van der Waals surface area contributed by atoms with Crippen LogP contribution in [0.25, 0.3) is 0 Å². The molecule has 0 unspecified atom stereocenters. The predicted octanol–water partition coefficient (Wildman–Crippen LogP) is 4.41. The molecule has 4 heteroatoms. The lowest BCUT2D eigenvalue weighted by Crippen LogP contribution is -2.12. The summed E-state index contributed by atoms with van der Waals surface area (Å²) in [5.41, 5.74) is 2.43. The van der Waals surface area contributed by atoms with E-state index in [2.05, 4.69) is 21.2 Å². The summed E-state index contributed by atoms with van der Waals surface area (Å²) in [6.45, 7) is 4.50. The van der Waals surface area contributed by atoms with Crippen molar-refractivity contribution < 1.29 is 9.53 Å². The minimum atomic E-state index is -0.126. The van der Waals surface area contributed by atoms with Crippen molar-refractivity contribution >= 4 is 27.5 Å². The summed E-state index contributed by atoms with van der Waals surface area (Å²) < 4.78 is 6.35. The molecule has 1 N–H and O–H groups in total. The molecule has 2 rings (SSSR count). The number of nitrogens with one attached hydrogen (secondary N) is 1. The third-order valence-electron chi connectivity index (χ3n) is 2.86. The average Bonchev–Trinajstić information content (AvgIpc) is 2.43. The van der Waals surface area contributed by atoms with E-state index in [1.807, 2.05) is 32.0 Å². The van der Waals surface area contributed by atoms with Crippen molar-refractivity contribution in [1.82, 2.24) is 0 Å². The standard InChI is InChI=1S/C16H16BrNO2/c1-3-20-14-7-4-12(5-8-14)16(19)18-15-9-6-13(17)10-11(15)2/h4-10H,3H2,1-2H3,(H,18,19). The van der Waals surface area contributed by atoms with Gasteiger partial charge in [-0.3, -0.25) is 4.79 Å². The Morgan fingerprint density at radius 3 is 2.50 bits per heavy atom. The zero-order valence-electron chi connectivity index (χ0n) is 11.4. The Balaban J connectivity index is 2.11. The number of halogens is 1. The molecule has 0 radical (unpaired) electrons. The second kappa shape index (κ2) is 6.57. The molecule has 0 saturated carbocycles. The Morgan fingerprint density at radius 1 is 1.20 bits per heavy atom.